The fourth-order valence-corrected chi connectivity index (χ4v) is 3.45. The van der Waals surface area contributed by atoms with Crippen molar-refractivity contribution in [3.63, 3.8) is 0 Å². The molecule has 2 aromatic heterocycles. The monoisotopic (exact) mass is 375 g/mol. The first-order valence-electron chi connectivity index (χ1n) is 9.19. The van der Waals surface area contributed by atoms with Crippen molar-refractivity contribution < 1.29 is 4.79 Å². The van der Waals surface area contributed by atoms with Crippen LogP contribution in [0, 0.1) is 6.92 Å². The van der Waals surface area contributed by atoms with Crippen molar-refractivity contribution >= 4 is 33.7 Å². The molecule has 142 valence electrons. The number of carbonyl (C=O) groups excluding carboxylic acids is 1. The van der Waals surface area contributed by atoms with E-state index in [1.54, 1.807) is 12.1 Å². The average Bonchev–Trinajstić information content (AvgIpc) is 3.02. The van der Waals surface area contributed by atoms with Crippen LogP contribution in [-0.2, 0) is 17.8 Å². The number of fused-ring (bicyclic) bond motifs is 2. The maximum Gasteiger partial charge on any atom is 0.262 e. The van der Waals surface area contributed by atoms with E-state index < -0.39 is 0 Å². The Hall–Kier alpha value is -3.61. The topological polar surface area (TPSA) is 91.8 Å². The number of hydrogen-bond acceptors (Lipinski definition) is 4. The molecule has 2 aromatic carbocycles. The standard InChI is InChI=1S/C21H21N5O2/c1-3-26-20(28)15-9-5-7-11-18(15)23-21(26)25-24-19(27)12-16-13(2)22-17-10-6-4-8-14(16)17/h4-11,22H,3,12H2,1-2H3,(H,23,25)(H,24,27). The number of anilines is 1. The van der Waals surface area contributed by atoms with Gasteiger partial charge in [-0.2, -0.15) is 0 Å². The molecular weight excluding hydrogens is 354 g/mol. The van der Waals surface area contributed by atoms with Crippen LogP contribution in [0.25, 0.3) is 21.8 Å². The van der Waals surface area contributed by atoms with Gasteiger partial charge in [0.2, 0.25) is 11.9 Å². The molecule has 0 bridgehead atoms. The highest BCUT2D eigenvalue weighted by atomic mass is 16.2. The smallest absolute Gasteiger partial charge is 0.262 e. The van der Waals surface area contributed by atoms with Crippen molar-refractivity contribution in [2.75, 3.05) is 5.43 Å². The minimum Gasteiger partial charge on any atom is -0.358 e. The maximum absolute atomic E-state index is 12.6. The number of nitrogens with zero attached hydrogens (tertiary/aromatic N) is 2. The van der Waals surface area contributed by atoms with Crippen LogP contribution in [0.15, 0.2) is 53.3 Å². The largest absolute Gasteiger partial charge is 0.358 e. The van der Waals surface area contributed by atoms with Crippen LogP contribution in [0.3, 0.4) is 0 Å². The molecule has 0 saturated carbocycles. The van der Waals surface area contributed by atoms with Gasteiger partial charge >= 0.3 is 0 Å². The molecule has 0 aliphatic carbocycles. The van der Waals surface area contributed by atoms with Gasteiger partial charge in [-0.1, -0.05) is 30.3 Å². The number of aromatic nitrogens is 3. The number of para-hydroxylation sites is 2. The predicted molar refractivity (Wildman–Crippen MR) is 110 cm³/mol. The van der Waals surface area contributed by atoms with Gasteiger partial charge in [-0.25, -0.2) is 4.98 Å². The Bertz CT molecular complexity index is 1240. The van der Waals surface area contributed by atoms with Crippen LogP contribution < -0.4 is 16.4 Å². The molecule has 0 fully saturated rings. The van der Waals surface area contributed by atoms with Crippen LogP contribution in [0.5, 0.6) is 0 Å². The normalized spacial score (nSPS) is 11.1. The Morgan fingerprint density at radius 2 is 1.82 bits per heavy atom. The number of rotatable bonds is 5. The zero-order valence-electron chi connectivity index (χ0n) is 15.7. The van der Waals surface area contributed by atoms with Crippen molar-refractivity contribution in [2.24, 2.45) is 0 Å². The van der Waals surface area contributed by atoms with Crippen molar-refractivity contribution in [1.29, 1.82) is 0 Å². The van der Waals surface area contributed by atoms with Crippen molar-refractivity contribution in [3.05, 3.63) is 70.1 Å². The van der Waals surface area contributed by atoms with Crippen LogP contribution in [-0.4, -0.2) is 20.4 Å². The third kappa shape index (κ3) is 3.11. The quantitative estimate of drug-likeness (QED) is 0.468. The molecule has 28 heavy (non-hydrogen) atoms. The van der Waals surface area contributed by atoms with Gasteiger partial charge in [0.15, 0.2) is 0 Å². The second kappa shape index (κ2) is 7.19. The first-order valence-corrected chi connectivity index (χ1v) is 9.19. The van der Waals surface area contributed by atoms with E-state index in [-0.39, 0.29) is 17.9 Å². The van der Waals surface area contributed by atoms with Crippen LogP contribution in [0.4, 0.5) is 5.95 Å². The van der Waals surface area contributed by atoms with E-state index in [1.165, 1.54) is 4.57 Å². The van der Waals surface area contributed by atoms with Gasteiger partial charge in [-0.3, -0.25) is 25.0 Å². The molecule has 4 aromatic rings. The first kappa shape index (κ1) is 17.8. The highest BCUT2D eigenvalue weighted by Crippen LogP contribution is 2.22. The molecule has 2 heterocycles. The Morgan fingerprint density at radius 3 is 2.61 bits per heavy atom. The van der Waals surface area contributed by atoms with Crippen molar-refractivity contribution in [3.8, 4) is 0 Å². The van der Waals surface area contributed by atoms with Crippen molar-refractivity contribution in [2.45, 2.75) is 26.8 Å². The molecule has 0 atom stereocenters. The summed E-state index contributed by atoms with van der Waals surface area (Å²) in [5.41, 5.74) is 8.86. The Morgan fingerprint density at radius 1 is 1.11 bits per heavy atom. The molecule has 4 rings (SSSR count). The lowest BCUT2D eigenvalue weighted by atomic mass is 10.1. The molecule has 1 amide bonds. The van der Waals surface area contributed by atoms with E-state index in [2.05, 4.69) is 20.8 Å². The summed E-state index contributed by atoms with van der Waals surface area (Å²) in [6.07, 6.45) is 0.215. The molecule has 7 heteroatoms. The summed E-state index contributed by atoms with van der Waals surface area (Å²) in [7, 11) is 0. The molecule has 0 spiro atoms. The Balaban J connectivity index is 1.56. The number of aryl methyl sites for hydroxylation is 1. The maximum atomic E-state index is 12.6. The van der Waals surface area contributed by atoms with Crippen LogP contribution >= 0.6 is 0 Å². The predicted octanol–water partition coefficient (Wildman–Crippen LogP) is 2.89. The number of carbonyl (C=O) groups is 1. The summed E-state index contributed by atoms with van der Waals surface area (Å²) in [4.78, 5) is 32.9. The average molecular weight is 375 g/mol. The fourth-order valence-electron chi connectivity index (χ4n) is 3.45. The summed E-state index contributed by atoms with van der Waals surface area (Å²) in [5, 5.41) is 1.58. The van der Waals surface area contributed by atoms with Crippen LogP contribution in [0.2, 0.25) is 0 Å². The first-order chi connectivity index (χ1) is 13.6. The van der Waals surface area contributed by atoms with E-state index in [0.29, 0.717) is 23.4 Å². The fraction of sp³-hybridized carbons (Fsp3) is 0.190. The van der Waals surface area contributed by atoms with Gasteiger partial charge in [-0.15, -0.1) is 0 Å². The second-order valence-electron chi connectivity index (χ2n) is 6.63. The van der Waals surface area contributed by atoms with Crippen molar-refractivity contribution in [1.82, 2.24) is 20.0 Å². The van der Waals surface area contributed by atoms with Gasteiger partial charge < -0.3 is 4.98 Å². The van der Waals surface area contributed by atoms with Gasteiger partial charge in [0.05, 0.1) is 17.3 Å². The molecule has 0 aliphatic rings. The van der Waals surface area contributed by atoms with Crippen LogP contribution in [0.1, 0.15) is 18.2 Å². The SMILES string of the molecule is CCn1c(NNC(=O)Cc2c(C)[nH]c3ccccc23)nc2ccccc2c1=O. The van der Waals surface area contributed by atoms with E-state index in [4.69, 9.17) is 0 Å². The van der Waals surface area contributed by atoms with E-state index in [0.717, 1.165) is 22.2 Å². The van der Waals surface area contributed by atoms with Gasteiger partial charge in [0.25, 0.3) is 5.56 Å². The molecular formula is C21H21N5O2. The van der Waals surface area contributed by atoms with E-state index in [1.807, 2.05) is 50.2 Å². The molecule has 0 radical (unpaired) electrons. The third-order valence-electron chi connectivity index (χ3n) is 4.86. The number of hydrogen-bond donors (Lipinski definition) is 3. The van der Waals surface area contributed by atoms with Gasteiger partial charge in [0, 0.05) is 23.1 Å². The second-order valence-corrected chi connectivity index (χ2v) is 6.63. The number of benzene rings is 2. The number of aromatic amines is 1. The number of hydrazine groups is 1. The van der Waals surface area contributed by atoms with Gasteiger partial charge in [-0.05, 0) is 37.6 Å². The summed E-state index contributed by atoms with van der Waals surface area (Å²) in [6.45, 7) is 4.26. The number of nitrogens with one attached hydrogen (secondary N) is 3. The van der Waals surface area contributed by atoms with E-state index >= 15 is 0 Å². The highest BCUT2D eigenvalue weighted by molar-refractivity contribution is 5.90. The summed E-state index contributed by atoms with van der Waals surface area (Å²) < 4.78 is 1.50. The lowest BCUT2D eigenvalue weighted by Crippen LogP contribution is -2.35. The molecule has 0 saturated heterocycles. The minimum absolute atomic E-state index is 0.141. The van der Waals surface area contributed by atoms with Gasteiger partial charge in [0.1, 0.15) is 0 Å². The Kier molecular flexibility index (Phi) is 4.57. The lowest BCUT2D eigenvalue weighted by Gasteiger charge is -2.14. The molecule has 0 aliphatic heterocycles. The zero-order valence-corrected chi connectivity index (χ0v) is 15.7. The summed E-state index contributed by atoms with van der Waals surface area (Å²) in [5.74, 6) is 0.105. The lowest BCUT2D eigenvalue weighted by molar-refractivity contribution is -0.119. The molecule has 3 N–H and O–H groups in total. The van der Waals surface area contributed by atoms with E-state index in [9.17, 15) is 9.59 Å². The summed E-state index contributed by atoms with van der Waals surface area (Å²) >= 11 is 0. The number of H-pyrrole nitrogens is 1. The molecule has 0 unspecified atom stereocenters. The zero-order chi connectivity index (χ0) is 19.7. The minimum atomic E-state index is -0.210. The Labute approximate surface area is 161 Å². The highest BCUT2D eigenvalue weighted by Gasteiger charge is 2.14. The third-order valence-corrected chi connectivity index (χ3v) is 4.86. The number of amides is 1. The summed E-state index contributed by atoms with van der Waals surface area (Å²) in [6, 6.07) is 15.1. The molecule has 7 nitrogen and oxygen atoms in total.